The number of carbonyl (C=O) groups excluding carboxylic acids is 2. The van der Waals surface area contributed by atoms with Crippen LogP contribution in [0.5, 0.6) is 5.75 Å². The molecular weight excluding hydrogens is 364 g/mol. The number of anilines is 1. The van der Waals surface area contributed by atoms with Crippen molar-refractivity contribution >= 4 is 23.3 Å². The molecule has 0 fully saturated rings. The third kappa shape index (κ3) is 5.54. The number of carbonyl (C=O) groups is 2. The van der Waals surface area contributed by atoms with E-state index in [9.17, 15) is 19.7 Å². The molecule has 1 N–H and O–H groups in total. The second-order valence-electron chi connectivity index (χ2n) is 6.44. The minimum absolute atomic E-state index is 0.0539. The lowest BCUT2D eigenvalue weighted by Crippen LogP contribution is -2.29. The second kappa shape index (κ2) is 8.98. The van der Waals surface area contributed by atoms with E-state index in [2.05, 4.69) is 5.32 Å². The minimum Gasteiger partial charge on any atom is -0.479 e. The van der Waals surface area contributed by atoms with Gasteiger partial charge in [-0.15, -0.1) is 0 Å². The fraction of sp³-hybridized carbons (Fsp3) is 0.300. The van der Waals surface area contributed by atoms with E-state index in [1.54, 1.807) is 32.0 Å². The summed E-state index contributed by atoms with van der Waals surface area (Å²) in [5.41, 5.74) is 2.33. The molecule has 1 atom stereocenters. The number of rotatable bonds is 7. The number of esters is 1. The van der Waals surface area contributed by atoms with Crippen LogP contribution in [-0.2, 0) is 14.3 Å². The highest BCUT2D eigenvalue weighted by atomic mass is 16.6. The lowest BCUT2D eigenvalue weighted by atomic mass is 10.1. The van der Waals surface area contributed by atoms with E-state index in [0.717, 1.165) is 16.7 Å². The quantitative estimate of drug-likeness (QED) is 0.443. The zero-order valence-corrected chi connectivity index (χ0v) is 16.1. The molecule has 0 unspecified atom stereocenters. The Kier molecular flexibility index (Phi) is 6.70. The Balaban J connectivity index is 1.94. The van der Waals surface area contributed by atoms with Crippen molar-refractivity contribution < 1.29 is 24.0 Å². The summed E-state index contributed by atoms with van der Waals surface area (Å²) in [5.74, 6) is -0.881. The van der Waals surface area contributed by atoms with Crippen molar-refractivity contribution in [2.24, 2.45) is 0 Å². The van der Waals surface area contributed by atoms with Gasteiger partial charge in [-0.3, -0.25) is 14.9 Å². The van der Waals surface area contributed by atoms with Crippen LogP contribution in [0.2, 0.25) is 0 Å². The summed E-state index contributed by atoms with van der Waals surface area (Å²) in [6.45, 7) is 6.34. The Labute approximate surface area is 162 Å². The van der Waals surface area contributed by atoms with Gasteiger partial charge in [0.25, 0.3) is 11.6 Å². The summed E-state index contributed by atoms with van der Waals surface area (Å²) in [6.07, 6.45) is -0.912. The standard InChI is InChI=1S/C20H22N2O6/c1-12-6-5-7-16(8-12)28-15(4)20(24)27-11-19(23)21-17-9-13(2)14(3)10-18(17)22(25)26/h5-10,15H,11H2,1-4H3,(H,21,23)/t15-/m1/s1. The normalized spacial score (nSPS) is 11.4. The molecule has 148 valence electrons. The lowest BCUT2D eigenvalue weighted by molar-refractivity contribution is -0.384. The van der Waals surface area contributed by atoms with Gasteiger partial charge in [0, 0.05) is 6.07 Å². The van der Waals surface area contributed by atoms with Gasteiger partial charge in [0.1, 0.15) is 11.4 Å². The zero-order valence-electron chi connectivity index (χ0n) is 16.1. The van der Waals surface area contributed by atoms with E-state index in [1.807, 2.05) is 13.0 Å². The number of nitro groups is 1. The van der Waals surface area contributed by atoms with Crippen LogP contribution >= 0.6 is 0 Å². The van der Waals surface area contributed by atoms with Gasteiger partial charge in [-0.25, -0.2) is 4.79 Å². The molecule has 0 saturated carbocycles. The molecule has 0 saturated heterocycles. The summed E-state index contributed by atoms with van der Waals surface area (Å²) < 4.78 is 10.4. The predicted molar refractivity (Wildman–Crippen MR) is 103 cm³/mol. The van der Waals surface area contributed by atoms with Crippen molar-refractivity contribution in [3.63, 3.8) is 0 Å². The van der Waals surface area contributed by atoms with Gasteiger partial charge in [0.05, 0.1) is 4.92 Å². The summed E-state index contributed by atoms with van der Waals surface area (Å²) in [4.78, 5) is 34.7. The summed E-state index contributed by atoms with van der Waals surface area (Å²) in [6, 6.07) is 10.1. The number of aryl methyl sites for hydroxylation is 3. The Hall–Kier alpha value is -3.42. The van der Waals surface area contributed by atoms with Gasteiger partial charge in [-0.1, -0.05) is 12.1 Å². The Morgan fingerprint density at radius 2 is 1.82 bits per heavy atom. The maximum absolute atomic E-state index is 12.1. The number of ether oxygens (including phenoxy) is 2. The number of hydrogen-bond donors (Lipinski definition) is 1. The van der Waals surface area contributed by atoms with Crippen LogP contribution in [0.1, 0.15) is 23.6 Å². The average molecular weight is 386 g/mol. The first kappa shape index (κ1) is 20.9. The third-order valence-corrected chi connectivity index (χ3v) is 4.06. The molecule has 28 heavy (non-hydrogen) atoms. The SMILES string of the molecule is Cc1cccc(O[C@H](C)C(=O)OCC(=O)Nc2cc(C)c(C)cc2[N+](=O)[O-])c1. The van der Waals surface area contributed by atoms with Crippen LogP contribution in [-0.4, -0.2) is 29.5 Å². The van der Waals surface area contributed by atoms with Crippen molar-refractivity contribution in [2.45, 2.75) is 33.8 Å². The van der Waals surface area contributed by atoms with Crippen molar-refractivity contribution in [3.05, 3.63) is 63.2 Å². The molecule has 2 aromatic carbocycles. The van der Waals surface area contributed by atoms with E-state index in [-0.39, 0.29) is 11.4 Å². The smallest absolute Gasteiger partial charge is 0.347 e. The third-order valence-electron chi connectivity index (χ3n) is 4.06. The van der Waals surface area contributed by atoms with E-state index < -0.39 is 29.5 Å². The fourth-order valence-corrected chi connectivity index (χ4v) is 2.43. The number of amides is 1. The lowest BCUT2D eigenvalue weighted by Gasteiger charge is -2.14. The van der Waals surface area contributed by atoms with Crippen molar-refractivity contribution in [1.82, 2.24) is 0 Å². The fourth-order valence-electron chi connectivity index (χ4n) is 2.43. The van der Waals surface area contributed by atoms with Crippen LogP contribution in [0.4, 0.5) is 11.4 Å². The molecule has 8 nitrogen and oxygen atoms in total. The van der Waals surface area contributed by atoms with Crippen molar-refractivity contribution in [2.75, 3.05) is 11.9 Å². The van der Waals surface area contributed by atoms with Gasteiger partial charge >= 0.3 is 5.97 Å². The molecule has 1 amide bonds. The first-order valence-electron chi connectivity index (χ1n) is 8.63. The van der Waals surface area contributed by atoms with Gasteiger partial charge in [0.15, 0.2) is 12.7 Å². The van der Waals surface area contributed by atoms with E-state index in [1.165, 1.54) is 19.1 Å². The molecule has 8 heteroatoms. The highest BCUT2D eigenvalue weighted by Crippen LogP contribution is 2.27. The Morgan fingerprint density at radius 3 is 2.46 bits per heavy atom. The Morgan fingerprint density at radius 1 is 1.14 bits per heavy atom. The molecule has 0 radical (unpaired) electrons. The summed E-state index contributed by atoms with van der Waals surface area (Å²) in [7, 11) is 0. The maximum Gasteiger partial charge on any atom is 0.347 e. The first-order chi connectivity index (χ1) is 13.2. The largest absolute Gasteiger partial charge is 0.479 e. The van der Waals surface area contributed by atoms with Gasteiger partial charge in [-0.2, -0.15) is 0 Å². The topological polar surface area (TPSA) is 108 Å². The van der Waals surface area contributed by atoms with Gasteiger partial charge < -0.3 is 14.8 Å². The molecule has 0 aromatic heterocycles. The molecule has 0 heterocycles. The van der Waals surface area contributed by atoms with Crippen LogP contribution in [0.25, 0.3) is 0 Å². The highest BCUT2D eigenvalue weighted by molar-refractivity contribution is 5.95. The number of nitrogens with zero attached hydrogens (tertiary/aromatic N) is 1. The number of benzene rings is 2. The monoisotopic (exact) mass is 386 g/mol. The second-order valence-corrected chi connectivity index (χ2v) is 6.44. The van der Waals surface area contributed by atoms with Crippen LogP contribution in [0, 0.1) is 30.9 Å². The molecule has 0 spiro atoms. The molecular formula is C20H22N2O6. The maximum atomic E-state index is 12.1. The van der Waals surface area contributed by atoms with E-state index >= 15 is 0 Å². The molecule has 2 aromatic rings. The molecule has 0 aliphatic carbocycles. The first-order valence-corrected chi connectivity index (χ1v) is 8.63. The molecule has 0 aliphatic heterocycles. The van der Waals surface area contributed by atoms with Crippen molar-refractivity contribution in [1.29, 1.82) is 0 Å². The van der Waals surface area contributed by atoms with Gasteiger partial charge in [-0.05, 0) is 62.6 Å². The zero-order chi connectivity index (χ0) is 20.8. The minimum atomic E-state index is -0.912. The molecule has 0 bridgehead atoms. The molecule has 2 rings (SSSR count). The van der Waals surface area contributed by atoms with Crippen LogP contribution in [0.3, 0.4) is 0 Å². The van der Waals surface area contributed by atoms with Crippen LogP contribution in [0.15, 0.2) is 36.4 Å². The summed E-state index contributed by atoms with van der Waals surface area (Å²) in [5, 5.41) is 13.6. The summed E-state index contributed by atoms with van der Waals surface area (Å²) >= 11 is 0. The van der Waals surface area contributed by atoms with Gasteiger partial charge in [0.2, 0.25) is 0 Å². The number of hydrogen-bond acceptors (Lipinski definition) is 6. The average Bonchev–Trinajstić information content (AvgIpc) is 2.62. The number of nitrogens with one attached hydrogen (secondary N) is 1. The molecule has 0 aliphatic rings. The Bertz CT molecular complexity index is 910. The highest BCUT2D eigenvalue weighted by Gasteiger charge is 2.20. The number of nitro benzene ring substituents is 1. The van der Waals surface area contributed by atoms with Crippen molar-refractivity contribution in [3.8, 4) is 5.75 Å². The predicted octanol–water partition coefficient (Wildman–Crippen LogP) is 3.47. The van der Waals surface area contributed by atoms with E-state index in [0.29, 0.717) is 5.75 Å². The van der Waals surface area contributed by atoms with Crippen LogP contribution < -0.4 is 10.1 Å². The van der Waals surface area contributed by atoms with E-state index in [4.69, 9.17) is 9.47 Å².